The number of amides is 1. The summed E-state index contributed by atoms with van der Waals surface area (Å²) in [6.45, 7) is 11.6. The zero-order chi connectivity index (χ0) is 13.4. The van der Waals surface area contributed by atoms with Gasteiger partial charge in [-0.3, -0.25) is 4.79 Å². The van der Waals surface area contributed by atoms with E-state index in [2.05, 4.69) is 37.9 Å². The Hall–Kier alpha value is -0.570. The maximum absolute atomic E-state index is 12.9. The molecule has 2 fully saturated rings. The summed E-state index contributed by atoms with van der Waals surface area (Å²) in [6, 6.07) is 0. The molecule has 1 saturated carbocycles. The van der Waals surface area contributed by atoms with E-state index in [0.717, 1.165) is 26.1 Å². The predicted octanol–water partition coefficient (Wildman–Crippen LogP) is 2.41. The minimum absolute atomic E-state index is 0.0388. The molecule has 0 aromatic carbocycles. The third-order valence-corrected chi connectivity index (χ3v) is 4.87. The molecule has 0 spiro atoms. The van der Waals surface area contributed by atoms with Crippen LogP contribution in [0, 0.1) is 11.3 Å². The maximum atomic E-state index is 12.9. The molecule has 0 bridgehead atoms. The molecule has 2 aliphatic rings. The van der Waals surface area contributed by atoms with Crippen LogP contribution in [0.2, 0.25) is 0 Å². The van der Waals surface area contributed by atoms with E-state index >= 15 is 0 Å². The Morgan fingerprint density at radius 3 is 2.56 bits per heavy atom. The van der Waals surface area contributed by atoms with Crippen LogP contribution in [-0.4, -0.2) is 36.0 Å². The van der Waals surface area contributed by atoms with Crippen molar-refractivity contribution >= 4 is 5.91 Å². The summed E-state index contributed by atoms with van der Waals surface area (Å²) in [7, 11) is 0. The van der Waals surface area contributed by atoms with Crippen LogP contribution in [0.4, 0.5) is 0 Å². The highest BCUT2D eigenvalue weighted by Gasteiger charge is 2.43. The quantitative estimate of drug-likeness (QED) is 0.777. The lowest BCUT2D eigenvalue weighted by atomic mass is 9.68. The molecule has 3 nitrogen and oxygen atoms in total. The molecule has 2 rings (SSSR count). The van der Waals surface area contributed by atoms with E-state index < -0.39 is 0 Å². The van der Waals surface area contributed by atoms with Gasteiger partial charge in [-0.2, -0.15) is 0 Å². The van der Waals surface area contributed by atoms with Gasteiger partial charge in [-0.25, -0.2) is 0 Å². The largest absolute Gasteiger partial charge is 0.335 e. The minimum Gasteiger partial charge on any atom is -0.335 e. The second kappa shape index (κ2) is 4.84. The first-order chi connectivity index (χ1) is 8.34. The maximum Gasteiger partial charge on any atom is 0.226 e. The molecule has 1 N–H and O–H groups in total. The molecule has 1 atom stereocenters. The Morgan fingerprint density at radius 2 is 1.94 bits per heavy atom. The highest BCUT2D eigenvalue weighted by atomic mass is 16.2. The minimum atomic E-state index is -0.0388. The van der Waals surface area contributed by atoms with Crippen molar-refractivity contribution in [1.29, 1.82) is 0 Å². The van der Waals surface area contributed by atoms with E-state index in [1.807, 2.05) is 0 Å². The smallest absolute Gasteiger partial charge is 0.226 e. The van der Waals surface area contributed by atoms with Gasteiger partial charge in [0.25, 0.3) is 0 Å². The second-order valence-corrected chi connectivity index (χ2v) is 7.27. The van der Waals surface area contributed by atoms with Crippen LogP contribution >= 0.6 is 0 Å². The van der Waals surface area contributed by atoms with Gasteiger partial charge in [-0.05, 0) is 32.1 Å². The van der Waals surface area contributed by atoms with Gasteiger partial charge < -0.3 is 10.2 Å². The molecule has 104 valence electrons. The second-order valence-electron chi connectivity index (χ2n) is 7.27. The molecule has 1 amide bonds. The molecule has 18 heavy (non-hydrogen) atoms. The molecule has 1 aliphatic heterocycles. The molecule has 1 heterocycles. The van der Waals surface area contributed by atoms with Gasteiger partial charge in [0.2, 0.25) is 5.91 Å². The van der Waals surface area contributed by atoms with Crippen molar-refractivity contribution in [2.45, 2.75) is 58.9 Å². The predicted molar refractivity (Wildman–Crippen MR) is 74.4 cm³/mol. The van der Waals surface area contributed by atoms with Crippen LogP contribution in [0.15, 0.2) is 0 Å². The molecular formula is C15H28N2O. The third-order valence-electron chi connectivity index (χ3n) is 4.87. The fourth-order valence-electron chi connectivity index (χ4n) is 3.53. The number of carbonyl (C=O) groups is 1. The SMILES string of the molecule is CC1(C)CCCCC1C(=O)N1CCNCC1(C)C. The van der Waals surface area contributed by atoms with Crippen LogP contribution in [-0.2, 0) is 4.79 Å². The van der Waals surface area contributed by atoms with Crippen LogP contribution in [0.5, 0.6) is 0 Å². The third kappa shape index (κ3) is 2.56. The van der Waals surface area contributed by atoms with Crippen molar-refractivity contribution in [2.24, 2.45) is 11.3 Å². The zero-order valence-corrected chi connectivity index (χ0v) is 12.4. The number of piperazine rings is 1. The molecule has 1 saturated heterocycles. The van der Waals surface area contributed by atoms with E-state index in [4.69, 9.17) is 0 Å². The lowest BCUT2D eigenvalue weighted by Crippen LogP contribution is -2.62. The zero-order valence-electron chi connectivity index (χ0n) is 12.4. The van der Waals surface area contributed by atoms with Crippen molar-refractivity contribution in [2.75, 3.05) is 19.6 Å². The standard InChI is InChI=1S/C15H28N2O/c1-14(2)8-6-5-7-12(14)13(18)17-10-9-16-11-15(17,3)4/h12,16H,5-11H2,1-4H3. The normalized spacial score (nSPS) is 31.1. The summed E-state index contributed by atoms with van der Waals surface area (Å²) in [6.07, 6.45) is 4.76. The van der Waals surface area contributed by atoms with Gasteiger partial charge in [-0.15, -0.1) is 0 Å². The number of hydrogen-bond acceptors (Lipinski definition) is 2. The first-order valence-corrected chi connectivity index (χ1v) is 7.37. The molecule has 1 aliphatic carbocycles. The molecule has 3 heteroatoms. The van der Waals surface area contributed by atoms with Crippen LogP contribution in [0.25, 0.3) is 0 Å². The van der Waals surface area contributed by atoms with Crippen molar-refractivity contribution < 1.29 is 4.79 Å². The van der Waals surface area contributed by atoms with Crippen molar-refractivity contribution in [3.8, 4) is 0 Å². The lowest BCUT2D eigenvalue weighted by molar-refractivity contribution is -0.148. The van der Waals surface area contributed by atoms with Crippen molar-refractivity contribution in [3.63, 3.8) is 0 Å². The highest BCUT2D eigenvalue weighted by Crippen LogP contribution is 2.42. The first-order valence-electron chi connectivity index (χ1n) is 7.37. The number of rotatable bonds is 1. The van der Waals surface area contributed by atoms with E-state index in [9.17, 15) is 4.79 Å². The average molecular weight is 252 g/mol. The van der Waals surface area contributed by atoms with Gasteiger partial charge in [0.05, 0.1) is 0 Å². The van der Waals surface area contributed by atoms with Crippen molar-refractivity contribution in [3.05, 3.63) is 0 Å². The van der Waals surface area contributed by atoms with Gasteiger partial charge >= 0.3 is 0 Å². The lowest BCUT2D eigenvalue weighted by Gasteiger charge is -2.47. The van der Waals surface area contributed by atoms with Gasteiger partial charge in [0.1, 0.15) is 0 Å². The Labute approximate surface area is 111 Å². The summed E-state index contributed by atoms with van der Waals surface area (Å²) in [4.78, 5) is 15.0. The molecule has 0 aromatic rings. The Bertz CT molecular complexity index is 292. The fraction of sp³-hybridized carbons (Fsp3) is 0.933. The molecule has 0 aromatic heterocycles. The Kier molecular flexibility index (Phi) is 3.72. The number of nitrogens with zero attached hydrogens (tertiary/aromatic N) is 1. The van der Waals surface area contributed by atoms with E-state index in [1.165, 1.54) is 19.3 Å². The molecule has 1 unspecified atom stereocenters. The topological polar surface area (TPSA) is 32.3 Å². The monoisotopic (exact) mass is 252 g/mol. The molecular weight excluding hydrogens is 224 g/mol. The van der Waals surface area contributed by atoms with E-state index in [0.29, 0.717) is 5.91 Å². The van der Waals surface area contributed by atoms with Gasteiger partial charge in [0.15, 0.2) is 0 Å². The fourth-order valence-corrected chi connectivity index (χ4v) is 3.53. The van der Waals surface area contributed by atoms with Crippen LogP contribution in [0.1, 0.15) is 53.4 Å². The number of nitrogens with one attached hydrogen (secondary N) is 1. The van der Waals surface area contributed by atoms with Gasteiger partial charge in [-0.1, -0.05) is 26.7 Å². The summed E-state index contributed by atoms with van der Waals surface area (Å²) in [5.41, 5.74) is 0.138. The van der Waals surface area contributed by atoms with E-state index in [1.54, 1.807) is 0 Å². The Balaban J connectivity index is 2.14. The van der Waals surface area contributed by atoms with Crippen LogP contribution < -0.4 is 5.32 Å². The van der Waals surface area contributed by atoms with Crippen LogP contribution in [0.3, 0.4) is 0 Å². The summed E-state index contributed by atoms with van der Waals surface area (Å²) >= 11 is 0. The average Bonchev–Trinajstić information content (AvgIpc) is 2.27. The number of carbonyl (C=O) groups excluding carboxylic acids is 1. The first kappa shape index (κ1) is 13.9. The number of hydrogen-bond donors (Lipinski definition) is 1. The van der Waals surface area contributed by atoms with Gasteiger partial charge in [0, 0.05) is 31.1 Å². The highest BCUT2D eigenvalue weighted by molar-refractivity contribution is 5.80. The van der Waals surface area contributed by atoms with Crippen molar-refractivity contribution in [1.82, 2.24) is 10.2 Å². The summed E-state index contributed by atoms with van der Waals surface area (Å²) in [5.74, 6) is 0.620. The summed E-state index contributed by atoms with van der Waals surface area (Å²) in [5, 5.41) is 3.39. The Morgan fingerprint density at radius 1 is 1.22 bits per heavy atom. The molecule has 0 radical (unpaired) electrons. The van der Waals surface area contributed by atoms with E-state index in [-0.39, 0.29) is 16.9 Å². The summed E-state index contributed by atoms with van der Waals surface area (Å²) < 4.78 is 0.